The summed E-state index contributed by atoms with van der Waals surface area (Å²) in [5.41, 5.74) is 1.49. The Balaban J connectivity index is 2.12. The zero-order valence-corrected chi connectivity index (χ0v) is 11.6. The lowest BCUT2D eigenvalue weighted by Crippen LogP contribution is -2.39. The average molecular weight is 278 g/mol. The summed E-state index contributed by atoms with van der Waals surface area (Å²) < 4.78 is 0. The number of benzene rings is 1. The summed E-state index contributed by atoms with van der Waals surface area (Å²) in [6.45, 7) is 1.54. The number of hydrogen-bond acceptors (Lipinski definition) is 3. The van der Waals surface area contributed by atoms with Crippen molar-refractivity contribution < 1.29 is 4.79 Å². The highest BCUT2D eigenvalue weighted by Crippen LogP contribution is 2.28. The Morgan fingerprint density at radius 1 is 1.47 bits per heavy atom. The van der Waals surface area contributed by atoms with Crippen molar-refractivity contribution in [2.24, 2.45) is 5.92 Å². The largest absolute Gasteiger partial charge is 0.370 e. The molecule has 2 rings (SSSR count). The molecule has 19 heavy (non-hydrogen) atoms. The van der Waals surface area contributed by atoms with Crippen LogP contribution in [0.25, 0.3) is 0 Å². The Morgan fingerprint density at radius 2 is 2.16 bits per heavy atom. The SMILES string of the molecule is CNC(=O)C1CCN(c2cc(Cl)ccc2C#N)CC1. The molecule has 0 radical (unpaired) electrons. The third-order valence-corrected chi connectivity index (χ3v) is 3.77. The lowest BCUT2D eigenvalue weighted by atomic mass is 9.95. The monoisotopic (exact) mass is 277 g/mol. The number of piperidine rings is 1. The van der Waals surface area contributed by atoms with E-state index in [-0.39, 0.29) is 11.8 Å². The van der Waals surface area contributed by atoms with Crippen LogP contribution in [0.2, 0.25) is 5.02 Å². The van der Waals surface area contributed by atoms with Crippen LogP contribution in [0, 0.1) is 17.2 Å². The third kappa shape index (κ3) is 2.99. The summed E-state index contributed by atoms with van der Waals surface area (Å²) in [6, 6.07) is 7.47. The summed E-state index contributed by atoms with van der Waals surface area (Å²) in [6.07, 6.45) is 1.61. The van der Waals surface area contributed by atoms with Crippen LogP contribution >= 0.6 is 11.6 Å². The van der Waals surface area contributed by atoms with E-state index in [1.807, 2.05) is 6.07 Å². The molecule has 0 saturated carbocycles. The first kappa shape index (κ1) is 13.7. The number of nitriles is 1. The highest BCUT2D eigenvalue weighted by Gasteiger charge is 2.25. The highest BCUT2D eigenvalue weighted by molar-refractivity contribution is 6.30. The van der Waals surface area contributed by atoms with Crippen molar-refractivity contribution in [3.63, 3.8) is 0 Å². The Labute approximate surface area is 118 Å². The van der Waals surface area contributed by atoms with Crippen molar-refractivity contribution >= 4 is 23.2 Å². The summed E-state index contributed by atoms with van der Waals surface area (Å²) in [5, 5.41) is 12.5. The van der Waals surface area contributed by atoms with Gasteiger partial charge in [0, 0.05) is 31.1 Å². The lowest BCUT2D eigenvalue weighted by Gasteiger charge is -2.33. The number of halogens is 1. The second-order valence-electron chi connectivity index (χ2n) is 4.65. The van der Waals surface area contributed by atoms with Gasteiger partial charge < -0.3 is 10.2 Å². The summed E-state index contributed by atoms with van der Waals surface area (Å²) >= 11 is 5.99. The minimum absolute atomic E-state index is 0.0750. The van der Waals surface area contributed by atoms with E-state index in [9.17, 15) is 4.79 Å². The number of anilines is 1. The predicted molar refractivity (Wildman–Crippen MR) is 75.2 cm³/mol. The van der Waals surface area contributed by atoms with E-state index in [0.29, 0.717) is 10.6 Å². The molecule has 1 saturated heterocycles. The van der Waals surface area contributed by atoms with Gasteiger partial charge in [0.05, 0.1) is 11.3 Å². The number of nitrogens with one attached hydrogen (secondary N) is 1. The van der Waals surface area contributed by atoms with Gasteiger partial charge in [-0.2, -0.15) is 5.26 Å². The number of amides is 1. The molecule has 1 aliphatic rings. The standard InChI is InChI=1S/C14H16ClN3O/c1-17-14(19)10-4-6-18(7-5-10)13-8-12(15)3-2-11(13)9-16/h2-3,8,10H,4-7H2,1H3,(H,17,19). The second-order valence-corrected chi connectivity index (χ2v) is 5.09. The van der Waals surface area contributed by atoms with Crippen molar-refractivity contribution in [3.05, 3.63) is 28.8 Å². The number of carbonyl (C=O) groups excluding carboxylic acids is 1. The molecule has 0 unspecified atom stereocenters. The Bertz CT molecular complexity index is 516. The van der Waals surface area contributed by atoms with Gasteiger partial charge in [-0.05, 0) is 31.0 Å². The van der Waals surface area contributed by atoms with E-state index in [1.54, 1.807) is 19.2 Å². The zero-order chi connectivity index (χ0) is 13.8. The first-order valence-corrected chi connectivity index (χ1v) is 6.69. The molecule has 0 spiro atoms. The molecule has 1 N–H and O–H groups in total. The molecule has 0 aromatic heterocycles. The van der Waals surface area contributed by atoms with Gasteiger partial charge in [0.15, 0.2) is 0 Å². The van der Waals surface area contributed by atoms with Gasteiger partial charge in [0.1, 0.15) is 6.07 Å². The fraction of sp³-hybridized carbons (Fsp3) is 0.429. The van der Waals surface area contributed by atoms with Crippen LogP contribution < -0.4 is 10.2 Å². The van der Waals surface area contributed by atoms with Crippen LogP contribution in [0.15, 0.2) is 18.2 Å². The molecule has 4 nitrogen and oxygen atoms in total. The van der Waals surface area contributed by atoms with Gasteiger partial charge in [-0.25, -0.2) is 0 Å². The maximum atomic E-state index is 11.6. The molecule has 5 heteroatoms. The van der Waals surface area contributed by atoms with Crippen molar-refractivity contribution in [3.8, 4) is 6.07 Å². The number of carbonyl (C=O) groups is 1. The maximum absolute atomic E-state index is 11.6. The van der Waals surface area contributed by atoms with Crippen LogP contribution in [-0.4, -0.2) is 26.0 Å². The zero-order valence-electron chi connectivity index (χ0n) is 10.8. The molecule has 0 bridgehead atoms. The van der Waals surface area contributed by atoms with Crippen LogP contribution in [0.4, 0.5) is 5.69 Å². The molecule has 100 valence electrons. The van der Waals surface area contributed by atoms with Gasteiger partial charge >= 0.3 is 0 Å². The fourth-order valence-corrected chi connectivity index (χ4v) is 2.61. The normalized spacial score (nSPS) is 15.9. The van der Waals surface area contributed by atoms with Crippen LogP contribution in [0.5, 0.6) is 0 Å². The lowest BCUT2D eigenvalue weighted by molar-refractivity contribution is -0.125. The van der Waals surface area contributed by atoms with Gasteiger partial charge in [0.2, 0.25) is 5.91 Å². The van der Waals surface area contributed by atoms with Gasteiger partial charge in [-0.15, -0.1) is 0 Å². The molecule has 1 amide bonds. The van der Waals surface area contributed by atoms with Gasteiger partial charge in [-0.1, -0.05) is 11.6 Å². The van der Waals surface area contributed by atoms with E-state index >= 15 is 0 Å². The van der Waals surface area contributed by atoms with Crippen molar-refractivity contribution in [2.45, 2.75) is 12.8 Å². The van der Waals surface area contributed by atoms with Crippen LogP contribution in [-0.2, 0) is 4.79 Å². The van der Waals surface area contributed by atoms with E-state index in [0.717, 1.165) is 31.6 Å². The summed E-state index contributed by atoms with van der Waals surface area (Å²) in [5.74, 6) is 0.178. The predicted octanol–water partition coefficient (Wildman–Crippen LogP) is 2.17. The Hall–Kier alpha value is -1.73. The minimum Gasteiger partial charge on any atom is -0.370 e. The molecule has 1 aliphatic heterocycles. The molecular weight excluding hydrogens is 262 g/mol. The smallest absolute Gasteiger partial charge is 0.222 e. The molecule has 1 aromatic carbocycles. The second kappa shape index (κ2) is 5.94. The topological polar surface area (TPSA) is 56.1 Å². The number of rotatable bonds is 2. The first-order chi connectivity index (χ1) is 9.15. The van der Waals surface area contributed by atoms with Crippen molar-refractivity contribution in [1.29, 1.82) is 5.26 Å². The molecule has 1 heterocycles. The number of nitrogens with zero attached hydrogens (tertiary/aromatic N) is 2. The van der Waals surface area contributed by atoms with Gasteiger partial charge in [-0.3, -0.25) is 4.79 Å². The van der Waals surface area contributed by atoms with Crippen LogP contribution in [0.1, 0.15) is 18.4 Å². The minimum atomic E-state index is 0.0750. The third-order valence-electron chi connectivity index (χ3n) is 3.53. The van der Waals surface area contributed by atoms with Gasteiger partial charge in [0.25, 0.3) is 0 Å². The molecule has 1 aromatic rings. The van der Waals surface area contributed by atoms with E-state index in [4.69, 9.17) is 16.9 Å². The fourth-order valence-electron chi connectivity index (χ4n) is 2.45. The highest BCUT2D eigenvalue weighted by atomic mass is 35.5. The summed E-state index contributed by atoms with van der Waals surface area (Å²) in [7, 11) is 1.67. The quantitative estimate of drug-likeness (QED) is 0.901. The average Bonchev–Trinajstić information content (AvgIpc) is 2.46. The Kier molecular flexibility index (Phi) is 4.28. The van der Waals surface area contributed by atoms with E-state index in [2.05, 4.69) is 16.3 Å². The van der Waals surface area contributed by atoms with Crippen molar-refractivity contribution in [1.82, 2.24) is 5.32 Å². The number of hydrogen-bond donors (Lipinski definition) is 1. The maximum Gasteiger partial charge on any atom is 0.222 e. The van der Waals surface area contributed by atoms with E-state index < -0.39 is 0 Å². The Morgan fingerprint density at radius 3 is 2.74 bits per heavy atom. The van der Waals surface area contributed by atoms with E-state index in [1.165, 1.54) is 0 Å². The molecule has 0 aliphatic carbocycles. The molecule has 0 atom stereocenters. The molecule has 1 fully saturated rings. The first-order valence-electron chi connectivity index (χ1n) is 6.32. The molecular formula is C14H16ClN3O. The van der Waals surface area contributed by atoms with Crippen LogP contribution in [0.3, 0.4) is 0 Å². The van der Waals surface area contributed by atoms with Crippen molar-refractivity contribution in [2.75, 3.05) is 25.0 Å². The summed E-state index contributed by atoms with van der Waals surface area (Å²) in [4.78, 5) is 13.7.